The third kappa shape index (κ3) is 3.75. The van der Waals surface area contributed by atoms with Crippen molar-refractivity contribution >= 4 is 51.6 Å². The van der Waals surface area contributed by atoms with Gasteiger partial charge in [0.1, 0.15) is 17.0 Å². The highest BCUT2D eigenvalue weighted by Crippen LogP contribution is 2.43. The number of carbonyl (C=O) groups excluding carboxylic acids is 1. The predicted octanol–water partition coefficient (Wildman–Crippen LogP) is 4.16. The minimum absolute atomic E-state index is 0.0805. The summed E-state index contributed by atoms with van der Waals surface area (Å²) in [6.45, 7) is 4.56. The monoisotopic (exact) mass is 409 g/mol. The first kappa shape index (κ1) is 19.6. The molecule has 0 saturated carbocycles. The van der Waals surface area contributed by atoms with Crippen LogP contribution in [0.4, 0.5) is 0 Å². The van der Waals surface area contributed by atoms with E-state index in [9.17, 15) is 4.79 Å². The van der Waals surface area contributed by atoms with Crippen LogP contribution in [-0.4, -0.2) is 40.2 Å². The van der Waals surface area contributed by atoms with Crippen molar-refractivity contribution in [2.24, 2.45) is 0 Å². The highest BCUT2D eigenvalue weighted by atomic mass is 32.2. The zero-order valence-electron chi connectivity index (χ0n) is 15.2. The topological polar surface area (TPSA) is 47.6 Å². The Kier molecular flexibility index (Phi) is 6.20. The summed E-state index contributed by atoms with van der Waals surface area (Å²) in [7, 11) is 0. The maximum absolute atomic E-state index is 13.0. The molecule has 1 saturated heterocycles. The number of ether oxygens (including phenoxy) is 2. The van der Waals surface area contributed by atoms with Gasteiger partial charge < -0.3 is 14.8 Å². The lowest BCUT2D eigenvalue weighted by Crippen LogP contribution is -2.48. The summed E-state index contributed by atoms with van der Waals surface area (Å²) < 4.78 is 12.1. The Hall–Kier alpha value is -1.18. The molecule has 2 aliphatic rings. The van der Waals surface area contributed by atoms with Crippen LogP contribution in [0.25, 0.3) is 5.57 Å². The molecule has 0 unspecified atom stereocenters. The molecule has 1 fully saturated rings. The molecule has 1 N–H and O–H groups in total. The van der Waals surface area contributed by atoms with Crippen LogP contribution < -0.4 is 10.1 Å². The van der Waals surface area contributed by atoms with E-state index in [0.717, 1.165) is 41.2 Å². The van der Waals surface area contributed by atoms with Crippen LogP contribution in [0.3, 0.4) is 0 Å². The van der Waals surface area contributed by atoms with Crippen molar-refractivity contribution in [3.63, 3.8) is 0 Å². The summed E-state index contributed by atoms with van der Waals surface area (Å²) >= 11 is 8.61. The second-order valence-corrected chi connectivity index (χ2v) is 8.95. The largest absolute Gasteiger partial charge is 0.494 e. The van der Waals surface area contributed by atoms with Gasteiger partial charge in [-0.25, -0.2) is 0 Å². The van der Waals surface area contributed by atoms with E-state index < -0.39 is 5.54 Å². The van der Waals surface area contributed by atoms with E-state index in [1.165, 1.54) is 11.8 Å². The van der Waals surface area contributed by atoms with E-state index in [1.54, 1.807) is 0 Å². The van der Waals surface area contributed by atoms with E-state index in [4.69, 9.17) is 21.7 Å². The fourth-order valence-corrected chi connectivity index (χ4v) is 4.88. The number of carbonyl (C=O) groups is 1. The van der Waals surface area contributed by atoms with Crippen LogP contribution in [0.1, 0.15) is 30.9 Å². The lowest BCUT2D eigenvalue weighted by Gasteiger charge is -2.34. The van der Waals surface area contributed by atoms with Crippen LogP contribution in [0.2, 0.25) is 0 Å². The lowest BCUT2D eigenvalue weighted by atomic mass is 9.89. The van der Waals surface area contributed by atoms with E-state index in [2.05, 4.69) is 5.32 Å². The van der Waals surface area contributed by atoms with Crippen molar-refractivity contribution in [1.82, 2.24) is 5.32 Å². The standard InChI is InChI=1S/C19H23NO3S3/c1-4-22-13-5-6-14(12(2)11-13)15-16(23-18(24)25-3)19(20-17(15)21)7-9-26-10-8-19/h5-6,11H,4,7-10H2,1-3H3,(H,20,21). The second kappa shape index (κ2) is 8.23. The van der Waals surface area contributed by atoms with Crippen molar-refractivity contribution in [3.05, 3.63) is 35.1 Å². The summed E-state index contributed by atoms with van der Waals surface area (Å²) in [4.78, 5) is 13.0. The molecule has 0 bridgehead atoms. The molecule has 3 rings (SSSR count). The number of thioether (sulfide) groups is 2. The first-order chi connectivity index (χ1) is 12.5. The molecular formula is C19H23NO3S3. The van der Waals surface area contributed by atoms with Crippen LogP contribution in [0.5, 0.6) is 5.75 Å². The molecular weight excluding hydrogens is 386 g/mol. The summed E-state index contributed by atoms with van der Waals surface area (Å²) in [6.07, 6.45) is 3.60. The van der Waals surface area contributed by atoms with Gasteiger partial charge in [0.05, 0.1) is 12.2 Å². The molecule has 26 heavy (non-hydrogen) atoms. The van der Waals surface area contributed by atoms with Gasteiger partial charge in [0.15, 0.2) is 0 Å². The van der Waals surface area contributed by atoms with Crippen molar-refractivity contribution in [2.45, 2.75) is 32.2 Å². The smallest absolute Gasteiger partial charge is 0.256 e. The highest BCUT2D eigenvalue weighted by molar-refractivity contribution is 8.22. The highest BCUT2D eigenvalue weighted by Gasteiger charge is 2.48. The minimum Gasteiger partial charge on any atom is -0.494 e. The summed E-state index contributed by atoms with van der Waals surface area (Å²) in [5.74, 6) is 3.40. The quantitative estimate of drug-likeness (QED) is 0.754. The van der Waals surface area contributed by atoms with E-state index in [0.29, 0.717) is 22.3 Å². The van der Waals surface area contributed by atoms with Gasteiger partial charge in [0.25, 0.3) is 5.91 Å². The zero-order valence-corrected chi connectivity index (χ0v) is 17.7. The number of hydrogen-bond donors (Lipinski definition) is 1. The molecule has 0 atom stereocenters. The van der Waals surface area contributed by atoms with Crippen LogP contribution in [-0.2, 0) is 9.53 Å². The second-order valence-electron chi connectivity index (χ2n) is 6.32. The third-order valence-electron chi connectivity index (χ3n) is 4.72. The van der Waals surface area contributed by atoms with Gasteiger partial charge in [0, 0.05) is 0 Å². The van der Waals surface area contributed by atoms with Crippen LogP contribution >= 0.6 is 35.7 Å². The minimum atomic E-state index is -0.442. The number of aryl methyl sites for hydroxylation is 1. The van der Waals surface area contributed by atoms with Crippen molar-refractivity contribution in [2.75, 3.05) is 24.4 Å². The number of rotatable bonds is 4. The maximum atomic E-state index is 13.0. The van der Waals surface area contributed by atoms with Gasteiger partial charge in [-0.3, -0.25) is 4.79 Å². The van der Waals surface area contributed by atoms with Crippen molar-refractivity contribution in [1.29, 1.82) is 0 Å². The average molecular weight is 410 g/mol. The van der Waals surface area contributed by atoms with Crippen molar-refractivity contribution < 1.29 is 14.3 Å². The molecule has 7 heteroatoms. The number of hydrogen-bond acceptors (Lipinski definition) is 6. The molecule has 0 radical (unpaired) electrons. The third-order valence-corrected chi connectivity index (χ3v) is 6.70. The molecule has 140 valence electrons. The maximum Gasteiger partial charge on any atom is 0.256 e. The van der Waals surface area contributed by atoms with Crippen LogP contribution in [0, 0.1) is 6.92 Å². The average Bonchev–Trinajstić information content (AvgIpc) is 2.87. The number of benzene rings is 1. The Morgan fingerprint density at radius 3 is 2.73 bits per heavy atom. The predicted molar refractivity (Wildman–Crippen MR) is 114 cm³/mol. The van der Waals surface area contributed by atoms with Gasteiger partial charge >= 0.3 is 0 Å². The van der Waals surface area contributed by atoms with Gasteiger partial charge in [-0.1, -0.05) is 17.8 Å². The van der Waals surface area contributed by atoms with E-state index in [1.807, 2.05) is 50.1 Å². The molecule has 2 heterocycles. The normalized spacial score (nSPS) is 18.8. The SMILES string of the molecule is CCOc1ccc(C2=C(OC(=S)SC)C3(CCSCC3)NC2=O)c(C)c1. The Morgan fingerprint density at radius 2 is 2.12 bits per heavy atom. The summed E-state index contributed by atoms with van der Waals surface area (Å²) in [6, 6.07) is 5.81. The van der Waals surface area contributed by atoms with E-state index >= 15 is 0 Å². The molecule has 0 aromatic heterocycles. The molecule has 1 amide bonds. The van der Waals surface area contributed by atoms with Gasteiger partial charge in [-0.15, -0.1) is 0 Å². The Balaban J connectivity index is 2.09. The number of nitrogens with one attached hydrogen (secondary N) is 1. The molecule has 0 aliphatic carbocycles. The van der Waals surface area contributed by atoms with Gasteiger partial charge in [0.2, 0.25) is 4.38 Å². The fraction of sp³-hybridized carbons (Fsp3) is 0.474. The molecule has 1 spiro atoms. The molecule has 1 aromatic rings. The zero-order chi connectivity index (χ0) is 18.7. The summed E-state index contributed by atoms with van der Waals surface area (Å²) in [5, 5.41) is 3.21. The Bertz CT molecular complexity index is 754. The molecule has 2 aliphatic heterocycles. The Morgan fingerprint density at radius 1 is 1.38 bits per heavy atom. The fourth-order valence-electron chi connectivity index (χ4n) is 3.44. The number of amides is 1. The molecule has 1 aromatic carbocycles. The van der Waals surface area contributed by atoms with Gasteiger partial charge in [-0.05, 0) is 79.9 Å². The van der Waals surface area contributed by atoms with Gasteiger partial charge in [-0.2, -0.15) is 11.8 Å². The molecule has 4 nitrogen and oxygen atoms in total. The number of thiocarbonyl (C=S) groups is 1. The van der Waals surface area contributed by atoms with Crippen LogP contribution in [0.15, 0.2) is 24.0 Å². The van der Waals surface area contributed by atoms with Crippen molar-refractivity contribution in [3.8, 4) is 5.75 Å². The summed E-state index contributed by atoms with van der Waals surface area (Å²) in [5.41, 5.74) is 2.02. The van der Waals surface area contributed by atoms with E-state index in [-0.39, 0.29) is 5.91 Å². The lowest BCUT2D eigenvalue weighted by molar-refractivity contribution is -0.116. The first-order valence-electron chi connectivity index (χ1n) is 8.65. The Labute approximate surface area is 168 Å². The first-order valence-corrected chi connectivity index (χ1v) is 11.4.